The summed E-state index contributed by atoms with van der Waals surface area (Å²) in [5, 5.41) is 41.8. The first-order chi connectivity index (χ1) is 30.5. The number of aromatic nitrogens is 3. The summed E-state index contributed by atoms with van der Waals surface area (Å²) in [6, 6.07) is 0.702. The van der Waals surface area contributed by atoms with Crippen molar-refractivity contribution >= 4 is 11.9 Å². The zero-order valence-corrected chi connectivity index (χ0v) is 46.2. The van der Waals surface area contributed by atoms with Crippen LogP contribution in [0.25, 0.3) is 0 Å². The fourth-order valence-corrected chi connectivity index (χ4v) is 11.8. The van der Waals surface area contributed by atoms with E-state index in [1.807, 2.05) is 0 Å². The first kappa shape index (κ1) is 57.8. The van der Waals surface area contributed by atoms with Gasteiger partial charge in [-0.3, -0.25) is 14.5 Å². The number of anilines is 2. The van der Waals surface area contributed by atoms with E-state index < -0.39 is 16.8 Å². The van der Waals surface area contributed by atoms with Gasteiger partial charge in [-0.2, -0.15) is 20.2 Å². The third-order valence-corrected chi connectivity index (χ3v) is 13.8. The summed E-state index contributed by atoms with van der Waals surface area (Å²) in [5.74, 6) is 1.45. The molecule has 0 unspecified atom stereocenters. The Morgan fingerprint density at radius 3 is 1.21 bits per heavy atom. The minimum atomic E-state index is -0.946. The van der Waals surface area contributed by atoms with Crippen molar-refractivity contribution in [1.29, 1.82) is 0 Å². The van der Waals surface area contributed by atoms with E-state index in [0.29, 0.717) is 6.04 Å². The molecule has 0 aromatic carbocycles. The normalized spacial score (nSPS) is 23.1. The molecule has 3 fully saturated rings. The standard InChI is InChI=1S/C52H101N9O6/c1-20-21-27-57(40-31-46(6,7)60(47(8,9)32-40)66-36-51(16,17)63)42-54-38-55-43(56-42)58(41-33-48(10,11)61(49(12,13)34-41)67-37-52(18,19)64)28-25-23-22-24-26-53-39-29-44(2,3)59(45(4,5)30-39)65-35-50(14,15)62/h38-41,53,62-64H,20-37H2,1-19H3. The summed E-state index contributed by atoms with van der Waals surface area (Å²) < 4.78 is 0. The second-order valence-corrected chi connectivity index (χ2v) is 26.4. The molecule has 0 amide bonds. The van der Waals surface area contributed by atoms with Crippen LogP contribution in [0.4, 0.5) is 11.9 Å². The van der Waals surface area contributed by atoms with Crippen molar-refractivity contribution in [3.63, 3.8) is 0 Å². The second-order valence-electron chi connectivity index (χ2n) is 26.4. The highest BCUT2D eigenvalue weighted by Crippen LogP contribution is 2.44. The molecule has 0 atom stereocenters. The number of piperidine rings is 3. The first-order valence-electron chi connectivity index (χ1n) is 25.9. The Hall–Kier alpha value is -1.79. The summed E-state index contributed by atoms with van der Waals surface area (Å²) in [7, 11) is 0. The minimum absolute atomic E-state index is 0.145. The van der Waals surface area contributed by atoms with Crippen molar-refractivity contribution in [2.45, 2.75) is 277 Å². The molecule has 4 heterocycles. The molecule has 15 heteroatoms. The van der Waals surface area contributed by atoms with E-state index in [9.17, 15) is 15.3 Å². The van der Waals surface area contributed by atoms with Crippen LogP contribution >= 0.6 is 0 Å². The highest BCUT2D eigenvalue weighted by atomic mass is 16.7. The summed E-state index contributed by atoms with van der Waals surface area (Å²) in [5.41, 5.74) is -4.39. The van der Waals surface area contributed by atoms with Crippen molar-refractivity contribution < 1.29 is 29.8 Å². The average Bonchev–Trinajstić information content (AvgIpc) is 3.12. The van der Waals surface area contributed by atoms with E-state index in [0.717, 1.165) is 109 Å². The van der Waals surface area contributed by atoms with Crippen molar-refractivity contribution in [1.82, 2.24) is 35.5 Å². The smallest absolute Gasteiger partial charge is 0.230 e. The Morgan fingerprint density at radius 2 is 0.866 bits per heavy atom. The maximum absolute atomic E-state index is 10.6. The quantitative estimate of drug-likeness (QED) is 0.0731. The van der Waals surface area contributed by atoms with Gasteiger partial charge >= 0.3 is 0 Å². The molecule has 3 saturated heterocycles. The molecular weight excluding hydrogens is 847 g/mol. The Morgan fingerprint density at radius 1 is 0.537 bits per heavy atom. The van der Waals surface area contributed by atoms with Crippen LogP contribution in [0, 0.1) is 0 Å². The highest BCUT2D eigenvalue weighted by Gasteiger charge is 2.51. The molecule has 0 spiro atoms. The lowest BCUT2D eigenvalue weighted by Gasteiger charge is -2.56. The molecule has 4 rings (SSSR count). The lowest BCUT2D eigenvalue weighted by atomic mass is 9.78. The first-order valence-corrected chi connectivity index (χ1v) is 25.9. The molecular formula is C52H101N9O6. The van der Waals surface area contributed by atoms with E-state index in [-0.39, 0.29) is 65.1 Å². The molecule has 0 saturated carbocycles. The zero-order valence-electron chi connectivity index (χ0n) is 46.2. The van der Waals surface area contributed by atoms with Gasteiger partial charge in [0.15, 0.2) is 0 Å². The van der Waals surface area contributed by atoms with E-state index in [2.05, 4.69) is 120 Å². The lowest BCUT2D eigenvalue weighted by Crippen LogP contribution is -2.65. The van der Waals surface area contributed by atoms with E-state index in [1.54, 1.807) is 47.9 Å². The van der Waals surface area contributed by atoms with Crippen molar-refractivity contribution in [3.05, 3.63) is 6.33 Å². The molecule has 15 nitrogen and oxygen atoms in total. The zero-order chi connectivity index (χ0) is 50.7. The number of unbranched alkanes of at least 4 members (excludes halogenated alkanes) is 4. The number of hydrogen-bond donors (Lipinski definition) is 4. The molecule has 4 N–H and O–H groups in total. The molecule has 0 radical (unpaired) electrons. The van der Waals surface area contributed by atoms with E-state index >= 15 is 0 Å². The molecule has 390 valence electrons. The van der Waals surface area contributed by atoms with Crippen LogP contribution in [0.1, 0.15) is 209 Å². The van der Waals surface area contributed by atoms with Gasteiger partial charge in [0, 0.05) is 64.4 Å². The summed E-state index contributed by atoms with van der Waals surface area (Å²) in [6.07, 6.45) is 13.5. The molecule has 1 aromatic heterocycles. The highest BCUT2D eigenvalue weighted by molar-refractivity contribution is 5.41. The van der Waals surface area contributed by atoms with Crippen LogP contribution in [0.3, 0.4) is 0 Å². The number of aliphatic hydroxyl groups is 3. The van der Waals surface area contributed by atoms with Gasteiger partial charge in [-0.1, -0.05) is 26.2 Å². The number of hydrogen-bond acceptors (Lipinski definition) is 15. The predicted molar refractivity (Wildman–Crippen MR) is 272 cm³/mol. The Bertz CT molecular complexity index is 1630. The fraction of sp³-hybridized carbons (Fsp3) is 0.942. The summed E-state index contributed by atoms with van der Waals surface area (Å²) >= 11 is 0. The molecule has 1 aromatic rings. The van der Waals surface area contributed by atoms with Gasteiger partial charge in [0.1, 0.15) is 6.33 Å². The van der Waals surface area contributed by atoms with Gasteiger partial charge in [0.05, 0.1) is 36.6 Å². The van der Waals surface area contributed by atoms with Gasteiger partial charge in [-0.05, 0) is 189 Å². The van der Waals surface area contributed by atoms with Crippen LogP contribution < -0.4 is 15.1 Å². The molecule has 0 aliphatic carbocycles. The van der Waals surface area contributed by atoms with Gasteiger partial charge in [-0.25, -0.2) is 9.97 Å². The number of hydroxylamine groups is 6. The largest absolute Gasteiger partial charge is 0.388 e. The van der Waals surface area contributed by atoms with Crippen molar-refractivity contribution in [3.8, 4) is 0 Å². The summed E-state index contributed by atoms with van der Waals surface area (Å²) in [6.45, 7) is 43.3. The number of nitrogens with zero attached hydrogens (tertiary/aromatic N) is 8. The van der Waals surface area contributed by atoms with Gasteiger partial charge < -0.3 is 30.4 Å². The maximum atomic E-state index is 10.6. The fourth-order valence-electron chi connectivity index (χ4n) is 11.8. The monoisotopic (exact) mass is 948 g/mol. The van der Waals surface area contributed by atoms with Crippen molar-refractivity contribution in [2.24, 2.45) is 0 Å². The molecule has 3 aliphatic heterocycles. The van der Waals surface area contributed by atoms with Crippen LogP contribution in [0.15, 0.2) is 6.33 Å². The van der Waals surface area contributed by atoms with Crippen LogP contribution in [0.5, 0.6) is 0 Å². The summed E-state index contributed by atoms with van der Waals surface area (Å²) in [4.78, 5) is 39.3. The lowest BCUT2D eigenvalue weighted by molar-refractivity contribution is -0.299. The Kier molecular flexibility index (Phi) is 18.9. The Balaban J connectivity index is 1.53. The predicted octanol–water partition coefficient (Wildman–Crippen LogP) is 8.61. The third kappa shape index (κ3) is 16.6. The number of rotatable bonds is 24. The molecule has 3 aliphatic rings. The second kappa shape index (κ2) is 21.9. The van der Waals surface area contributed by atoms with Gasteiger partial charge in [-0.15, -0.1) is 0 Å². The van der Waals surface area contributed by atoms with Crippen molar-refractivity contribution in [2.75, 3.05) is 49.3 Å². The van der Waals surface area contributed by atoms with E-state index in [1.165, 1.54) is 0 Å². The van der Waals surface area contributed by atoms with Crippen LogP contribution in [-0.4, -0.2) is 153 Å². The van der Waals surface area contributed by atoms with E-state index in [4.69, 9.17) is 29.5 Å². The van der Waals surface area contributed by atoms with Crippen LogP contribution in [-0.2, 0) is 14.5 Å². The number of nitrogens with one attached hydrogen (secondary N) is 1. The van der Waals surface area contributed by atoms with Gasteiger partial charge in [0.25, 0.3) is 0 Å². The Labute approximate surface area is 408 Å². The maximum Gasteiger partial charge on any atom is 0.230 e. The molecule has 67 heavy (non-hydrogen) atoms. The topological polar surface area (TPSA) is 155 Å². The van der Waals surface area contributed by atoms with Crippen LogP contribution in [0.2, 0.25) is 0 Å². The van der Waals surface area contributed by atoms with Gasteiger partial charge in [0.2, 0.25) is 11.9 Å². The SMILES string of the molecule is CCCCN(c1ncnc(N(CCCCCCNC2CC(C)(C)N(OCC(C)(C)O)C(C)(C)C2)C2CC(C)(C)N(OCC(C)(C)O)C(C)(C)C2)n1)C1CC(C)(C)N(OCC(C)(C)O)C(C)(C)C1. The third-order valence-electron chi connectivity index (χ3n) is 13.8. The average molecular weight is 948 g/mol. The minimum Gasteiger partial charge on any atom is -0.388 e. The molecule has 0 bridgehead atoms.